The Bertz CT molecular complexity index is 3400. The van der Waals surface area contributed by atoms with E-state index < -0.39 is 77.3 Å². The number of phenols is 1. The van der Waals surface area contributed by atoms with E-state index in [-0.39, 0.29) is 49.9 Å². The zero-order valence-corrected chi connectivity index (χ0v) is 38.2. The quantitative estimate of drug-likeness (QED) is 0.147. The minimum atomic E-state index is -2.97. The predicted molar refractivity (Wildman–Crippen MR) is 252 cm³/mol. The van der Waals surface area contributed by atoms with Crippen molar-refractivity contribution in [2.24, 2.45) is 0 Å². The van der Waals surface area contributed by atoms with E-state index >= 15 is 0 Å². The van der Waals surface area contributed by atoms with Crippen molar-refractivity contribution in [2.75, 3.05) is 0 Å². The van der Waals surface area contributed by atoms with Gasteiger partial charge in [0.2, 0.25) is 0 Å². The summed E-state index contributed by atoms with van der Waals surface area (Å²) in [6.45, 7) is 15.1. The maximum atomic E-state index is 12.2. The number of para-hydroxylation sites is 1. The monoisotopic (exact) mass is 992 g/mol. The van der Waals surface area contributed by atoms with E-state index in [0.29, 0.717) is 33.5 Å². The Morgan fingerprint density at radius 2 is 1.46 bits per heavy atom. The van der Waals surface area contributed by atoms with Gasteiger partial charge in [-0.25, -0.2) is 4.98 Å². The second kappa shape index (κ2) is 17.4. The fourth-order valence-electron chi connectivity index (χ4n) is 7.62. The van der Waals surface area contributed by atoms with E-state index in [1.807, 2.05) is 138 Å². The molecule has 0 radical (unpaired) electrons. The molecule has 6 aromatic carbocycles. The van der Waals surface area contributed by atoms with Crippen molar-refractivity contribution < 1.29 is 41.3 Å². The van der Waals surface area contributed by atoms with Gasteiger partial charge in [0.15, 0.2) is 0 Å². The van der Waals surface area contributed by atoms with Gasteiger partial charge in [-0.15, -0.1) is 29.3 Å². The van der Waals surface area contributed by atoms with Crippen molar-refractivity contribution in [1.82, 2.24) is 14.5 Å². The zero-order chi connectivity index (χ0) is 52.0. The molecule has 0 spiro atoms. The number of nitrogens with zero attached hydrogens (tertiary/aromatic N) is 3. The molecule has 1 N–H and O–H groups in total. The molecule has 2 heterocycles. The number of rotatable bonds is 9. The Morgan fingerprint density at radius 1 is 0.721 bits per heavy atom. The van der Waals surface area contributed by atoms with Crippen LogP contribution in [0.4, 0.5) is 0 Å². The van der Waals surface area contributed by atoms with Crippen molar-refractivity contribution in [1.29, 1.82) is 0 Å². The zero-order valence-electron chi connectivity index (χ0n) is 46.9. The predicted octanol–water partition coefficient (Wildman–Crippen LogP) is 15.2. The van der Waals surface area contributed by atoms with E-state index in [2.05, 4.69) is 24.9 Å². The van der Waals surface area contributed by atoms with Gasteiger partial charge in [0.05, 0.1) is 26.2 Å². The number of benzene rings is 6. The first-order chi connectivity index (χ1) is 33.1. The maximum absolute atomic E-state index is 12.2. The van der Waals surface area contributed by atoms with Crippen molar-refractivity contribution in [3.05, 3.63) is 167 Å². The third-order valence-corrected chi connectivity index (χ3v) is 11.0. The first-order valence-electron chi connectivity index (χ1n) is 25.9. The van der Waals surface area contributed by atoms with Crippen LogP contribution in [0.3, 0.4) is 0 Å². The summed E-state index contributed by atoms with van der Waals surface area (Å²) in [7, 11) is 0. The summed E-state index contributed by atoms with van der Waals surface area (Å²) < 4.78 is 97.3. The second-order valence-electron chi connectivity index (χ2n) is 17.2. The molecule has 0 saturated heterocycles. The molecule has 61 heavy (non-hydrogen) atoms. The van der Waals surface area contributed by atoms with Crippen molar-refractivity contribution in [2.45, 2.75) is 92.3 Å². The summed E-state index contributed by atoms with van der Waals surface area (Å²) in [5.74, 6) is -0.340. The fraction of sp³-hybridized carbons (Fsp3) is 0.250. The van der Waals surface area contributed by atoms with Crippen LogP contribution in [0.1, 0.15) is 123 Å². The fourth-order valence-corrected chi connectivity index (χ4v) is 7.62. The minimum absolute atomic E-state index is 0. The normalized spacial score (nSPS) is 14.8. The Kier molecular flexibility index (Phi) is 8.94. The Labute approximate surface area is 392 Å². The van der Waals surface area contributed by atoms with Crippen LogP contribution in [-0.2, 0) is 26.5 Å². The van der Waals surface area contributed by atoms with Crippen LogP contribution in [0.2, 0.25) is 0 Å². The Morgan fingerprint density at radius 3 is 2.13 bits per heavy atom. The number of aromatic hydroxyl groups is 1. The van der Waals surface area contributed by atoms with E-state index in [1.54, 1.807) is 6.07 Å². The molecular formula is C56H56N3OPt-. The van der Waals surface area contributed by atoms with Gasteiger partial charge in [-0.3, -0.25) is 9.55 Å². The van der Waals surface area contributed by atoms with Gasteiger partial charge < -0.3 is 5.11 Å². The Hall–Kier alpha value is -5.57. The summed E-state index contributed by atoms with van der Waals surface area (Å²) in [6.07, 6.45) is -0.595. The first kappa shape index (κ1) is 31.3. The molecule has 0 saturated carbocycles. The van der Waals surface area contributed by atoms with Gasteiger partial charge in [-0.05, 0) is 99.2 Å². The molecule has 0 fully saturated rings. The smallest absolute Gasteiger partial charge is 0.148 e. The van der Waals surface area contributed by atoms with Gasteiger partial charge in [0, 0.05) is 44.1 Å². The molecule has 312 valence electrons. The summed E-state index contributed by atoms with van der Waals surface area (Å²) >= 11 is 0. The average Bonchev–Trinajstić information content (AvgIpc) is 3.69. The summed E-state index contributed by atoms with van der Waals surface area (Å²) in [5.41, 5.74) is 6.92. The molecule has 0 atom stereocenters. The minimum Gasteiger partial charge on any atom is -0.507 e. The van der Waals surface area contributed by atoms with Gasteiger partial charge in [0.25, 0.3) is 0 Å². The molecule has 8 rings (SSSR count). The van der Waals surface area contributed by atoms with Gasteiger partial charge in [0.1, 0.15) is 11.6 Å². The van der Waals surface area contributed by atoms with Gasteiger partial charge in [-0.2, -0.15) is 0 Å². The molecule has 0 aliphatic carbocycles. The van der Waals surface area contributed by atoms with E-state index in [1.165, 1.54) is 0 Å². The average molecular weight is 993 g/mol. The van der Waals surface area contributed by atoms with Crippen LogP contribution in [0.25, 0.3) is 72.7 Å². The summed E-state index contributed by atoms with van der Waals surface area (Å²) in [5, 5.41) is 12.2. The Balaban J connectivity index is 0.00000760. The maximum Gasteiger partial charge on any atom is 0.148 e. The molecule has 0 unspecified atom stereocenters. The first-order valence-corrected chi connectivity index (χ1v) is 20.4. The van der Waals surface area contributed by atoms with Crippen LogP contribution < -0.4 is 0 Å². The summed E-state index contributed by atoms with van der Waals surface area (Å²) in [4.78, 5) is 9.84. The molecule has 0 amide bonds. The number of phenolic OH excluding ortho intramolecular Hbond substituents is 1. The second-order valence-corrected chi connectivity index (χ2v) is 17.2. The number of aromatic nitrogens is 3. The molecule has 8 aromatic rings. The molecule has 0 bridgehead atoms. The molecule has 4 nitrogen and oxygen atoms in total. The third-order valence-electron chi connectivity index (χ3n) is 11.0. The van der Waals surface area contributed by atoms with Gasteiger partial charge in [-0.1, -0.05) is 164 Å². The van der Waals surface area contributed by atoms with E-state index in [0.717, 1.165) is 39.1 Å². The third kappa shape index (κ3) is 8.66. The number of hydrogen-bond donors (Lipinski definition) is 1. The van der Waals surface area contributed by atoms with Crippen LogP contribution in [0.15, 0.2) is 133 Å². The number of imidazole rings is 1. The van der Waals surface area contributed by atoms with Crippen LogP contribution in [0, 0.1) is 12.9 Å². The van der Waals surface area contributed by atoms with Crippen LogP contribution >= 0.6 is 0 Å². The van der Waals surface area contributed by atoms with Crippen molar-refractivity contribution >= 4 is 11.0 Å². The van der Waals surface area contributed by atoms with E-state index in [4.69, 9.17) is 17.3 Å². The SMILES string of the molecule is [2H]c1nc(-c2[c-]c(-c3cccc4c3nc(-c3cc(C(C)C)cc(C(C)C)c3O)n4-c3ccc(-c4ccccc4)c(C([2H])(C)C)c3)cc(C(C)(C)C)c2)c([2H])c(-c2c([2H])c([2H])c(C([2H])([2H])[2H])c([2H])c2[2H])c1[2H].[Pt]. The van der Waals surface area contributed by atoms with Crippen molar-refractivity contribution in [3.63, 3.8) is 0 Å². The number of hydrogen-bond acceptors (Lipinski definition) is 3. The molecule has 0 aliphatic heterocycles. The molecular weight excluding hydrogens is 926 g/mol. The van der Waals surface area contributed by atoms with Crippen LogP contribution in [-0.4, -0.2) is 19.6 Å². The number of pyridine rings is 1. The number of fused-ring (bicyclic) bond motifs is 1. The van der Waals surface area contributed by atoms with E-state index in [9.17, 15) is 7.85 Å². The molecule has 2 aromatic heterocycles. The summed E-state index contributed by atoms with van der Waals surface area (Å²) in [6, 6.07) is 28.8. The molecule has 5 heteroatoms. The van der Waals surface area contributed by atoms with Gasteiger partial charge >= 0.3 is 0 Å². The van der Waals surface area contributed by atoms with Crippen LogP contribution in [0.5, 0.6) is 5.75 Å². The largest absolute Gasteiger partial charge is 0.507 e. The topological polar surface area (TPSA) is 50.9 Å². The standard InChI is InChI=1S/C56H56N3O.Pt/c1-34(2)41-30-49(36(5)6)54(60)50(31-41)55-58-53-47(17-14-18-52(53)59(55)45-23-24-46(48(33-45)35(3)4)39-15-12-11-13-16-39)42-27-43(29-44(28-42)56(8,9)10)51-32-40(25-26-57-51)38-21-19-37(7)20-22-38;/h11-26,28-36,60H,1-10H3;/q-1;/i7D3,19D,20D,21D,22D,25D,26D,32D,35D;. The molecule has 0 aliphatic rings. The van der Waals surface area contributed by atoms with Crippen molar-refractivity contribution in [3.8, 4) is 67.5 Å².